The molecule has 2 rings (SSSR count). The molecule has 0 aliphatic carbocycles. The van der Waals surface area contributed by atoms with E-state index >= 15 is 0 Å². The number of anilines is 1. The summed E-state index contributed by atoms with van der Waals surface area (Å²) < 4.78 is 5.00. The average Bonchev–Trinajstić information content (AvgIpc) is 2.63. The van der Waals surface area contributed by atoms with Gasteiger partial charge in [0.1, 0.15) is 5.75 Å². The number of carboxylic acid groups (broad SMARTS) is 1. The van der Waals surface area contributed by atoms with Crippen molar-refractivity contribution in [2.24, 2.45) is 5.10 Å². The number of ether oxygens (including phenoxy) is 1. The van der Waals surface area contributed by atoms with E-state index in [2.05, 4.69) is 15.8 Å². The molecule has 146 valence electrons. The minimum Gasteiger partial charge on any atom is -0.480 e. The van der Waals surface area contributed by atoms with Gasteiger partial charge < -0.3 is 15.2 Å². The molecule has 0 aliphatic rings. The number of hydrogen-bond donors (Lipinski definition) is 3. The van der Waals surface area contributed by atoms with Crippen LogP contribution in [0, 0.1) is 13.8 Å². The summed E-state index contributed by atoms with van der Waals surface area (Å²) in [7, 11) is 0. The van der Waals surface area contributed by atoms with E-state index < -0.39 is 24.4 Å². The van der Waals surface area contributed by atoms with Crippen LogP contribution in [-0.2, 0) is 14.4 Å². The lowest BCUT2D eigenvalue weighted by molar-refractivity contribution is -0.139. The topological polar surface area (TPSA) is 117 Å². The number of nitrogens with one attached hydrogen (secondary N) is 2. The van der Waals surface area contributed by atoms with Crippen molar-refractivity contribution in [3.63, 3.8) is 0 Å². The molecule has 0 saturated heterocycles. The first-order valence-corrected chi connectivity index (χ1v) is 8.50. The van der Waals surface area contributed by atoms with Crippen molar-refractivity contribution in [3.05, 3.63) is 58.1 Å². The maximum absolute atomic E-state index is 11.9. The summed E-state index contributed by atoms with van der Waals surface area (Å²) in [6.07, 6.45) is 1.29. The Morgan fingerprint density at radius 1 is 1.11 bits per heavy atom. The lowest BCUT2D eigenvalue weighted by Gasteiger charge is -2.07. The second-order valence-corrected chi connectivity index (χ2v) is 6.23. The van der Waals surface area contributed by atoms with Crippen LogP contribution in [0.5, 0.6) is 5.75 Å². The average molecular weight is 404 g/mol. The number of rotatable bonds is 6. The maximum atomic E-state index is 11.9. The highest BCUT2D eigenvalue weighted by Crippen LogP contribution is 2.24. The van der Waals surface area contributed by atoms with Gasteiger partial charge in [0.2, 0.25) is 0 Å². The molecule has 0 aliphatic heterocycles. The molecule has 3 N–H and O–H groups in total. The van der Waals surface area contributed by atoms with Crippen LogP contribution in [-0.4, -0.2) is 35.7 Å². The summed E-state index contributed by atoms with van der Waals surface area (Å²) in [5, 5.41) is 15.0. The molecule has 0 atom stereocenters. The molecule has 2 aromatic carbocycles. The first-order valence-electron chi connectivity index (χ1n) is 8.12. The van der Waals surface area contributed by atoms with Gasteiger partial charge >= 0.3 is 17.8 Å². The molecule has 0 heterocycles. The van der Waals surface area contributed by atoms with E-state index in [1.807, 2.05) is 19.9 Å². The fourth-order valence-electron chi connectivity index (χ4n) is 2.08. The Kier molecular flexibility index (Phi) is 7.11. The number of carboxylic acids is 1. The first kappa shape index (κ1) is 20.9. The minimum absolute atomic E-state index is 0.184. The number of hydrogen-bond acceptors (Lipinski definition) is 5. The highest BCUT2D eigenvalue weighted by atomic mass is 35.5. The predicted octanol–water partition coefficient (Wildman–Crippen LogP) is 2.51. The van der Waals surface area contributed by atoms with Gasteiger partial charge in [0.05, 0.1) is 11.2 Å². The molecule has 0 fully saturated rings. The van der Waals surface area contributed by atoms with E-state index in [9.17, 15) is 14.4 Å². The van der Waals surface area contributed by atoms with Gasteiger partial charge in [-0.15, -0.1) is 0 Å². The summed E-state index contributed by atoms with van der Waals surface area (Å²) in [4.78, 5) is 34.2. The normalized spacial score (nSPS) is 10.5. The van der Waals surface area contributed by atoms with Crippen molar-refractivity contribution in [3.8, 4) is 5.75 Å². The fourth-order valence-corrected chi connectivity index (χ4v) is 2.32. The lowest BCUT2D eigenvalue weighted by Crippen LogP contribution is -2.32. The Morgan fingerprint density at radius 2 is 1.86 bits per heavy atom. The Morgan fingerprint density at radius 3 is 2.50 bits per heavy atom. The number of aryl methyl sites for hydroxylation is 2. The van der Waals surface area contributed by atoms with Gasteiger partial charge in [0.15, 0.2) is 6.61 Å². The molecule has 0 radical (unpaired) electrons. The molecule has 0 saturated carbocycles. The zero-order valence-electron chi connectivity index (χ0n) is 15.2. The van der Waals surface area contributed by atoms with Crippen LogP contribution in [0.25, 0.3) is 0 Å². The number of benzene rings is 2. The summed E-state index contributed by atoms with van der Waals surface area (Å²) in [6.45, 7) is 3.33. The van der Waals surface area contributed by atoms with Crippen LogP contribution in [0.3, 0.4) is 0 Å². The van der Waals surface area contributed by atoms with Gasteiger partial charge in [-0.2, -0.15) is 5.10 Å². The second kappa shape index (κ2) is 9.52. The first-order chi connectivity index (χ1) is 13.3. The summed E-state index contributed by atoms with van der Waals surface area (Å²) >= 11 is 5.99. The standard InChI is InChI=1S/C19H18ClN3O5/c1-11-3-5-14(7-12(11)2)22-18(26)19(27)23-21-9-13-4-6-16(15(20)8-13)28-10-17(24)25/h3-9H,10H2,1-2H3,(H,22,26)(H,23,27)(H,24,25)/b21-9-. The van der Waals surface area contributed by atoms with E-state index in [4.69, 9.17) is 21.4 Å². The number of amides is 2. The Bertz CT molecular complexity index is 943. The number of aliphatic carboxylic acids is 1. The van der Waals surface area contributed by atoms with Gasteiger partial charge in [-0.1, -0.05) is 17.7 Å². The van der Waals surface area contributed by atoms with Gasteiger partial charge in [0, 0.05) is 5.69 Å². The third kappa shape index (κ3) is 6.10. The monoisotopic (exact) mass is 403 g/mol. The molecule has 8 nitrogen and oxygen atoms in total. The van der Waals surface area contributed by atoms with E-state index in [-0.39, 0.29) is 10.8 Å². The number of carbonyl (C=O) groups excluding carboxylic acids is 2. The number of nitrogens with zero attached hydrogens (tertiary/aromatic N) is 1. The van der Waals surface area contributed by atoms with E-state index in [1.54, 1.807) is 18.2 Å². The van der Waals surface area contributed by atoms with Gasteiger partial charge in [-0.3, -0.25) is 9.59 Å². The molecule has 0 unspecified atom stereocenters. The van der Waals surface area contributed by atoms with Crippen LogP contribution in [0.4, 0.5) is 5.69 Å². The predicted molar refractivity (Wildman–Crippen MR) is 105 cm³/mol. The molecule has 0 spiro atoms. The summed E-state index contributed by atoms with van der Waals surface area (Å²) in [5.41, 5.74) is 5.21. The third-order valence-corrected chi connectivity index (χ3v) is 3.95. The minimum atomic E-state index is -1.12. The van der Waals surface area contributed by atoms with Crippen molar-refractivity contribution in [2.75, 3.05) is 11.9 Å². The molecule has 2 aromatic rings. The second-order valence-electron chi connectivity index (χ2n) is 5.82. The molecule has 0 bridgehead atoms. The van der Waals surface area contributed by atoms with E-state index in [1.165, 1.54) is 18.3 Å². The third-order valence-electron chi connectivity index (χ3n) is 3.66. The molecule has 2 amide bonds. The largest absolute Gasteiger partial charge is 0.480 e. The maximum Gasteiger partial charge on any atom is 0.341 e. The van der Waals surface area contributed by atoms with Crippen molar-refractivity contribution in [2.45, 2.75) is 13.8 Å². The molecule has 0 aromatic heterocycles. The van der Waals surface area contributed by atoms with Crippen LogP contribution in [0.15, 0.2) is 41.5 Å². The van der Waals surface area contributed by atoms with Gasteiger partial charge in [-0.05, 0) is 60.9 Å². The smallest absolute Gasteiger partial charge is 0.341 e. The van der Waals surface area contributed by atoms with Gasteiger partial charge in [-0.25, -0.2) is 10.2 Å². The number of carbonyl (C=O) groups is 3. The highest BCUT2D eigenvalue weighted by Gasteiger charge is 2.13. The quantitative estimate of drug-likeness (QED) is 0.389. The molecular formula is C19H18ClN3O5. The SMILES string of the molecule is Cc1ccc(NC(=O)C(=O)N/N=C\c2ccc(OCC(=O)O)c(Cl)c2)cc1C. The number of halogens is 1. The van der Waals surface area contributed by atoms with Crippen molar-refractivity contribution < 1.29 is 24.2 Å². The van der Waals surface area contributed by atoms with Crippen molar-refractivity contribution in [1.82, 2.24) is 5.43 Å². The Labute approximate surface area is 166 Å². The van der Waals surface area contributed by atoms with Crippen LogP contribution < -0.4 is 15.5 Å². The number of hydrazone groups is 1. The lowest BCUT2D eigenvalue weighted by atomic mass is 10.1. The fraction of sp³-hybridized carbons (Fsp3) is 0.158. The van der Waals surface area contributed by atoms with E-state index in [0.29, 0.717) is 11.3 Å². The van der Waals surface area contributed by atoms with E-state index in [0.717, 1.165) is 11.1 Å². The molecule has 9 heteroatoms. The van der Waals surface area contributed by atoms with Gasteiger partial charge in [0.25, 0.3) is 0 Å². The molecular weight excluding hydrogens is 386 g/mol. The van der Waals surface area contributed by atoms with Crippen LogP contribution >= 0.6 is 11.6 Å². The molecule has 28 heavy (non-hydrogen) atoms. The summed E-state index contributed by atoms with van der Waals surface area (Å²) in [6, 6.07) is 9.82. The van der Waals surface area contributed by atoms with Crippen LogP contribution in [0.1, 0.15) is 16.7 Å². The van der Waals surface area contributed by atoms with Crippen LogP contribution in [0.2, 0.25) is 5.02 Å². The Hall–Kier alpha value is -3.39. The zero-order chi connectivity index (χ0) is 20.7. The Balaban J connectivity index is 1.91. The van der Waals surface area contributed by atoms with Crippen molar-refractivity contribution in [1.29, 1.82) is 0 Å². The highest BCUT2D eigenvalue weighted by molar-refractivity contribution is 6.39. The summed E-state index contributed by atoms with van der Waals surface area (Å²) in [5.74, 6) is -2.70. The zero-order valence-corrected chi connectivity index (χ0v) is 15.9. The van der Waals surface area contributed by atoms with Crippen molar-refractivity contribution >= 4 is 41.3 Å².